The van der Waals surface area contributed by atoms with E-state index < -0.39 is 0 Å². The minimum atomic E-state index is -0.309. The number of nitrogens with zero attached hydrogens (tertiary/aromatic N) is 4. The lowest BCUT2D eigenvalue weighted by Crippen LogP contribution is -1.97. The second-order valence-corrected chi connectivity index (χ2v) is 6.66. The number of halogens is 2. The first-order valence-electron chi connectivity index (χ1n) is 7.79. The number of imidazole rings is 1. The molecular formula is C17H13ClFN5. The predicted octanol–water partition coefficient (Wildman–Crippen LogP) is 4.25. The molecule has 0 atom stereocenters. The zero-order valence-electron chi connectivity index (χ0n) is 12.8. The molecule has 7 heteroatoms. The molecule has 1 aliphatic carbocycles. The standard InChI is InChI=1S/C17H13ClFN5/c1-8-13(10-4-11-6-21-23-14(11)12(18)5-10)17-22-15(9-2-3-9)16(19)24(17)7-20-8/h4-7,9H,2-3H2,1H3,(H,21,23). The van der Waals surface area contributed by atoms with Crippen molar-refractivity contribution in [1.82, 2.24) is 24.6 Å². The summed E-state index contributed by atoms with van der Waals surface area (Å²) in [5.41, 5.74) is 4.35. The molecule has 0 aliphatic heterocycles. The molecule has 5 nitrogen and oxygen atoms in total. The molecule has 0 spiro atoms. The molecule has 1 fully saturated rings. The zero-order valence-corrected chi connectivity index (χ0v) is 13.6. The third kappa shape index (κ3) is 1.89. The number of aryl methyl sites for hydroxylation is 1. The quantitative estimate of drug-likeness (QED) is 0.593. The van der Waals surface area contributed by atoms with E-state index in [4.69, 9.17) is 11.6 Å². The zero-order chi connectivity index (χ0) is 16.4. The van der Waals surface area contributed by atoms with Crippen molar-refractivity contribution in [3.8, 4) is 11.1 Å². The maximum atomic E-state index is 14.6. The number of benzene rings is 1. The molecule has 120 valence electrons. The summed E-state index contributed by atoms with van der Waals surface area (Å²) in [4.78, 5) is 8.94. The first kappa shape index (κ1) is 13.9. The molecule has 0 amide bonds. The van der Waals surface area contributed by atoms with Crippen LogP contribution >= 0.6 is 11.6 Å². The first-order chi connectivity index (χ1) is 11.6. The molecule has 3 aromatic heterocycles. The fourth-order valence-electron chi connectivity index (χ4n) is 3.20. The highest BCUT2D eigenvalue weighted by Crippen LogP contribution is 2.42. The lowest BCUT2D eigenvalue weighted by Gasteiger charge is -2.08. The second-order valence-electron chi connectivity index (χ2n) is 6.25. The molecule has 4 aromatic rings. The van der Waals surface area contributed by atoms with E-state index in [1.165, 1.54) is 10.7 Å². The summed E-state index contributed by atoms with van der Waals surface area (Å²) in [7, 11) is 0. The maximum Gasteiger partial charge on any atom is 0.222 e. The van der Waals surface area contributed by atoms with Gasteiger partial charge in [-0.05, 0) is 37.5 Å². The summed E-state index contributed by atoms with van der Waals surface area (Å²) in [5, 5.41) is 8.36. The van der Waals surface area contributed by atoms with E-state index in [9.17, 15) is 4.39 Å². The molecule has 3 heterocycles. The number of aromatic amines is 1. The topological polar surface area (TPSA) is 58.9 Å². The summed E-state index contributed by atoms with van der Waals surface area (Å²) in [6.45, 7) is 1.90. The summed E-state index contributed by atoms with van der Waals surface area (Å²) in [6.07, 6.45) is 5.21. The van der Waals surface area contributed by atoms with Crippen molar-refractivity contribution in [2.75, 3.05) is 0 Å². The number of H-pyrrole nitrogens is 1. The Kier molecular flexibility index (Phi) is 2.77. The summed E-state index contributed by atoms with van der Waals surface area (Å²) in [5.74, 6) is -0.0743. The van der Waals surface area contributed by atoms with Crippen molar-refractivity contribution >= 4 is 28.2 Å². The van der Waals surface area contributed by atoms with Crippen molar-refractivity contribution in [3.63, 3.8) is 0 Å². The molecule has 1 aliphatic rings. The Morgan fingerprint density at radius 1 is 1.33 bits per heavy atom. The van der Waals surface area contributed by atoms with Crippen LogP contribution in [0.4, 0.5) is 4.39 Å². The smallest absolute Gasteiger partial charge is 0.222 e. The molecule has 0 radical (unpaired) electrons. The van der Waals surface area contributed by atoms with E-state index in [1.54, 1.807) is 6.20 Å². The Morgan fingerprint density at radius 3 is 2.96 bits per heavy atom. The van der Waals surface area contributed by atoms with Crippen LogP contribution < -0.4 is 0 Å². The van der Waals surface area contributed by atoms with Gasteiger partial charge in [-0.25, -0.2) is 9.97 Å². The van der Waals surface area contributed by atoms with E-state index in [2.05, 4.69) is 20.2 Å². The number of nitrogens with one attached hydrogen (secondary N) is 1. The van der Waals surface area contributed by atoms with Gasteiger partial charge >= 0.3 is 0 Å². The van der Waals surface area contributed by atoms with E-state index in [0.717, 1.165) is 40.6 Å². The maximum absolute atomic E-state index is 14.6. The number of fused-ring (bicyclic) bond motifs is 2. The summed E-state index contributed by atoms with van der Waals surface area (Å²) < 4.78 is 16.1. The van der Waals surface area contributed by atoms with Gasteiger partial charge in [0.15, 0.2) is 0 Å². The highest BCUT2D eigenvalue weighted by atomic mass is 35.5. The Bertz CT molecular complexity index is 1110. The van der Waals surface area contributed by atoms with Crippen LogP contribution in [-0.4, -0.2) is 24.6 Å². The highest BCUT2D eigenvalue weighted by molar-refractivity contribution is 6.35. The van der Waals surface area contributed by atoms with Gasteiger partial charge in [0.2, 0.25) is 5.95 Å². The van der Waals surface area contributed by atoms with Crippen LogP contribution in [0, 0.1) is 12.9 Å². The lowest BCUT2D eigenvalue weighted by atomic mass is 10.0. The van der Waals surface area contributed by atoms with Gasteiger partial charge in [0.05, 0.1) is 28.1 Å². The van der Waals surface area contributed by atoms with Crippen LogP contribution in [0.25, 0.3) is 27.7 Å². The van der Waals surface area contributed by atoms with Crippen LogP contribution in [0.5, 0.6) is 0 Å². The molecule has 0 saturated heterocycles. The Balaban J connectivity index is 1.83. The molecule has 24 heavy (non-hydrogen) atoms. The Morgan fingerprint density at radius 2 is 2.17 bits per heavy atom. The predicted molar refractivity (Wildman–Crippen MR) is 89.8 cm³/mol. The molecule has 0 bridgehead atoms. The number of hydrogen-bond donors (Lipinski definition) is 1. The molecule has 1 N–H and O–H groups in total. The number of rotatable bonds is 2. The largest absolute Gasteiger partial charge is 0.276 e. The van der Waals surface area contributed by atoms with Gasteiger partial charge in [-0.15, -0.1) is 0 Å². The van der Waals surface area contributed by atoms with Crippen LogP contribution in [0.1, 0.15) is 30.1 Å². The number of aromatic nitrogens is 5. The van der Waals surface area contributed by atoms with E-state index in [0.29, 0.717) is 16.4 Å². The van der Waals surface area contributed by atoms with Gasteiger partial charge in [-0.2, -0.15) is 9.49 Å². The highest BCUT2D eigenvalue weighted by Gasteiger charge is 2.31. The molecule has 1 aromatic carbocycles. The lowest BCUT2D eigenvalue weighted by molar-refractivity contribution is 0.554. The van der Waals surface area contributed by atoms with Crippen LogP contribution in [-0.2, 0) is 0 Å². The fourth-order valence-corrected chi connectivity index (χ4v) is 3.46. The summed E-state index contributed by atoms with van der Waals surface area (Å²) >= 11 is 6.36. The van der Waals surface area contributed by atoms with Crippen molar-refractivity contribution < 1.29 is 4.39 Å². The number of hydrogen-bond acceptors (Lipinski definition) is 3. The first-order valence-corrected chi connectivity index (χ1v) is 8.17. The van der Waals surface area contributed by atoms with Crippen LogP contribution in [0.15, 0.2) is 24.7 Å². The van der Waals surface area contributed by atoms with Crippen LogP contribution in [0.3, 0.4) is 0 Å². The minimum absolute atomic E-state index is 0.234. The Hall–Kier alpha value is -2.47. The van der Waals surface area contributed by atoms with E-state index in [-0.39, 0.29) is 11.9 Å². The monoisotopic (exact) mass is 341 g/mol. The van der Waals surface area contributed by atoms with Gasteiger partial charge in [-0.1, -0.05) is 11.6 Å². The minimum Gasteiger partial charge on any atom is -0.276 e. The third-order valence-electron chi connectivity index (χ3n) is 4.58. The van der Waals surface area contributed by atoms with E-state index >= 15 is 0 Å². The van der Waals surface area contributed by atoms with Crippen molar-refractivity contribution in [2.45, 2.75) is 25.7 Å². The van der Waals surface area contributed by atoms with Gasteiger partial charge in [-0.3, -0.25) is 9.50 Å². The van der Waals surface area contributed by atoms with E-state index in [1.807, 2.05) is 19.1 Å². The van der Waals surface area contributed by atoms with Gasteiger partial charge in [0.25, 0.3) is 0 Å². The normalized spacial score (nSPS) is 14.8. The van der Waals surface area contributed by atoms with Crippen LogP contribution in [0.2, 0.25) is 5.02 Å². The molecule has 0 unspecified atom stereocenters. The molecule has 1 saturated carbocycles. The van der Waals surface area contributed by atoms with Crippen molar-refractivity contribution in [2.24, 2.45) is 0 Å². The SMILES string of the molecule is Cc1ncn2c(F)c(C3CC3)nc2c1-c1cc(Cl)c2[nH]ncc2c1. The molecular weight excluding hydrogens is 329 g/mol. The van der Waals surface area contributed by atoms with Gasteiger partial charge in [0, 0.05) is 16.9 Å². The van der Waals surface area contributed by atoms with Crippen molar-refractivity contribution in [3.05, 3.63) is 47.0 Å². The third-order valence-corrected chi connectivity index (χ3v) is 4.88. The van der Waals surface area contributed by atoms with Crippen molar-refractivity contribution in [1.29, 1.82) is 0 Å². The average Bonchev–Trinajstić information content (AvgIpc) is 3.19. The van der Waals surface area contributed by atoms with Gasteiger partial charge in [0.1, 0.15) is 12.0 Å². The second kappa shape index (κ2) is 4.77. The average molecular weight is 342 g/mol. The van der Waals surface area contributed by atoms with Gasteiger partial charge < -0.3 is 0 Å². The Labute approximate surface area is 141 Å². The summed E-state index contributed by atoms with van der Waals surface area (Å²) in [6, 6.07) is 3.81. The fraction of sp³-hybridized carbons (Fsp3) is 0.235. The molecule has 5 rings (SSSR count).